The lowest BCUT2D eigenvalue weighted by molar-refractivity contribution is -0.0105. The Morgan fingerprint density at radius 2 is 1.78 bits per heavy atom. The summed E-state index contributed by atoms with van der Waals surface area (Å²) in [5.74, 6) is -0.425. The lowest BCUT2D eigenvalue weighted by atomic mass is 9.96. The molecule has 2 N–H and O–H groups in total. The summed E-state index contributed by atoms with van der Waals surface area (Å²) in [6, 6.07) is 16.8. The maximum absolute atomic E-state index is 14.6. The molecule has 1 saturated heterocycles. The molecule has 218 valence electrons. The van der Waals surface area contributed by atoms with E-state index in [4.69, 9.17) is 11.6 Å². The smallest absolute Gasteiger partial charge is 0.264 e. The van der Waals surface area contributed by atoms with Gasteiger partial charge in [-0.1, -0.05) is 41.9 Å². The Bertz CT molecular complexity index is 1570. The fourth-order valence-corrected chi connectivity index (χ4v) is 7.68. The highest BCUT2D eigenvalue weighted by atomic mass is 35.5. The Labute approximate surface area is 246 Å². The van der Waals surface area contributed by atoms with Crippen LogP contribution in [0.1, 0.15) is 30.5 Å². The SMILES string of the molecule is C/C(=C\c1ccc2c(c1)N(S(=O)(=O)c1cccc(C)c1)C[C@@H]1CN(C(C)(CO)CO)CCN21)c1c(F)cccc1Cl. The highest BCUT2D eigenvalue weighted by Gasteiger charge is 2.43. The number of benzene rings is 3. The Morgan fingerprint density at radius 1 is 1.05 bits per heavy atom. The molecule has 1 atom stereocenters. The number of halogens is 2. The van der Waals surface area contributed by atoms with Crippen molar-refractivity contribution < 1.29 is 23.0 Å². The van der Waals surface area contributed by atoms with Crippen molar-refractivity contribution in [1.29, 1.82) is 0 Å². The van der Waals surface area contributed by atoms with E-state index in [2.05, 4.69) is 4.90 Å². The van der Waals surface area contributed by atoms with E-state index in [1.54, 1.807) is 43.3 Å². The minimum absolute atomic E-state index is 0.192. The molecule has 10 heteroatoms. The third-order valence-electron chi connectivity index (χ3n) is 8.20. The lowest BCUT2D eigenvalue weighted by Crippen LogP contribution is -2.66. The fourth-order valence-electron chi connectivity index (χ4n) is 5.76. The normalized spacial score (nSPS) is 18.3. The van der Waals surface area contributed by atoms with Gasteiger partial charge in [-0.15, -0.1) is 0 Å². The van der Waals surface area contributed by atoms with Crippen LogP contribution in [0.4, 0.5) is 15.8 Å². The monoisotopic (exact) mass is 599 g/mol. The topological polar surface area (TPSA) is 84.3 Å². The molecule has 5 rings (SSSR count). The van der Waals surface area contributed by atoms with E-state index in [-0.39, 0.29) is 30.7 Å². The van der Waals surface area contributed by atoms with Gasteiger partial charge in [0, 0.05) is 25.2 Å². The van der Waals surface area contributed by atoms with Crippen molar-refractivity contribution in [2.75, 3.05) is 48.6 Å². The number of aliphatic hydroxyl groups excluding tert-OH is 2. The van der Waals surface area contributed by atoms with E-state index in [1.807, 2.05) is 43.0 Å². The van der Waals surface area contributed by atoms with Gasteiger partial charge in [0.2, 0.25) is 0 Å². The van der Waals surface area contributed by atoms with Crippen molar-refractivity contribution in [3.63, 3.8) is 0 Å². The van der Waals surface area contributed by atoms with E-state index in [1.165, 1.54) is 10.4 Å². The molecule has 3 aromatic carbocycles. The summed E-state index contributed by atoms with van der Waals surface area (Å²) in [5, 5.41) is 20.3. The van der Waals surface area contributed by atoms with E-state index in [0.29, 0.717) is 41.5 Å². The minimum atomic E-state index is -3.94. The van der Waals surface area contributed by atoms with Crippen LogP contribution in [0.5, 0.6) is 0 Å². The molecule has 0 amide bonds. The molecule has 2 aliphatic heterocycles. The Kier molecular flexibility index (Phi) is 8.20. The van der Waals surface area contributed by atoms with Gasteiger partial charge in [0.1, 0.15) is 5.82 Å². The molecule has 0 unspecified atom stereocenters. The van der Waals surface area contributed by atoms with Crippen LogP contribution in [-0.2, 0) is 10.0 Å². The van der Waals surface area contributed by atoms with Gasteiger partial charge in [-0.25, -0.2) is 12.8 Å². The molecular formula is C31H35ClFN3O4S. The van der Waals surface area contributed by atoms with Gasteiger partial charge in [-0.05, 0) is 73.9 Å². The van der Waals surface area contributed by atoms with Crippen molar-refractivity contribution in [2.24, 2.45) is 0 Å². The summed E-state index contributed by atoms with van der Waals surface area (Å²) < 4.78 is 44.4. The minimum Gasteiger partial charge on any atom is -0.394 e. The van der Waals surface area contributed by atoms with Crippen LogP contribution in [0.25, 0.3) is 11.6 Å². The van der Waals surface area contributed by atoms with Crippen LogP contribution in [0.15, 0.2) is 65.6 Å². The number of hydrogen-bond donors (Lipinski definition) is 2. The summed E-state index contributed by atoms with van der Waals surface area (Å²) in [6.07, 6.45) is 1.81. The molecule has 0 radical (unpaired) electrons. The molecule has 0 saturated carbocycles. The van der Waals surface area contributed by atoms with Gasteiger partial charge in [0.25, 0.3) is 10.0 Å². The summed E-state index contributed by atoms with van der Waals surface area (Å²) >= 11 is 6.30. The zero-order valence-corrected chi connectivity index (χ0v) is 25.0. The molecule has 0 spiro atoms. The number of allylic oxidation sites excluding steroid dienone is 1. The zero-order valence-electron chi connectivity index (χ0n) is 23.4. The molecular weight excluding hydrogens is 565 g/mol. The first-order chi connectivity index (χ1) is 19.5. The number of rotatable bonds is 7. The summed E-state index contributed by atoms with van der Waals surface area (Å²) in [6.45, 7) is 6.90. The molecule has 0 aliphatic carbocycles. The van der Waals surface area contributed by atoms with Crippen molar-refractivity contribution in [3.8, 4) is 0 Å². The molecule has 2 heterocycles. The van der Waals surface area contributed by atoms with Gasteiger partial charge in [0.15, 0.2) is 0 Å². The third kappa shape index (κ3) is 5.49. The standard InChI is InChI=1S/C31H35ClFN3O4S/c1-21-6-4-7-25(14-21)41(39,40)36-18-24-17-34(31(3,19-37)20-38)12-13-35(24)28-11-10-23(16-29(28)36)15-22(2)30-26(32)8-5-9-27(30)33/h4-11,14-16,24,37-38H,12-13,17-20H2,1-3H3/b22-15+/t24-/m0/s1. The average Bonchev–Trinajstić information content (AvgIpc) is 2.95. The first kappa shape index (κ1) is 29.5. The van der Waals surface area contributed by atoms with Gasteiger partial charge >= 0.3 is 0 Å². The Balaban J connectivity index is 1.60. The maximum atomic E-state index is 14.6. The Hall–Kier alpha value is -2.95. The summed E-state index contributed by atoms with van der Waals surface area (Å²) in [5.41, 5.74) is 3.00. The van der Waals surface area contributed by atoms with Crippen LogP contribution in [-0.4, -0.2) is 74.5 Å². The van der Waals surface area contributed by atoms with Gasteiger partial charge < -0.3 is 15.1 Å². The van der Waals surface area contributed by atoms with Crippen LogP contribution in [0.2, 0.25) is 5.02 Å². The molecule has 41 heavy (non-hydrogen) atoms. The number of aryl methyl sites for hydroxylation is 1. The lowest BCUT2D eigenvalue weighted by Gasteiger charge is -2.52. The van der Waals surface area contributed by atoms with Crippen LogP contribution in [0, 0.1) is 12.7 Å². The van der Waals surface area contributed by atoms with Crippen molar-refractivity contribution in [2.45, 2.75) is 37.2 Å². The highest BCUT2D eigenvalue weighted by molar-refractivity contribution is 7.92. The molecule has 7 nitrogen and oxygen atoms in total. The molecule has 2 aliphatic rings. The van der Waals surface area contributed by atoms with Crippen LogP contribution >= 0.6 is 11.6 Å². The summed E-state index contributed by atoms with van der Waals surface area (Å²) in [4.78, 5) is 4.45. The van der Waals surface area contributed by atoms with Crippen LogP contribution in [0.3, 0.4) is 0 Å². The highest BCUT2D eigenvalue weighted by Crippen LogP contribution is 2.42. The number of fused-ring (bicyclic) bond motifs is 3. The summed E-state index contributed by atoms with van der Waals surface area (Å²) in [7, 11) is -3.94. The van der Waals surface area contributed by atoms with E-state index < -0.39 is 21.4 Å². The van der Waals surface area contributed by atoms with Gasteiger partial charge in [0.05, 0.1) is 52.6 Å². The van der Waals surface area contributed by atoms with E-state index >= 15 is 0 Å². The number of sulfonamides is 1. The van der Waals surface area contributed by atoms with Crippen molar-refractivity contribution >= 4 is 44.6 Å². The van der Waals surface area contributed by atoms with E-state index in [0.717, 1.165) is 16.8 Å². The number of piperazine rings is 1. The van der Waals surface area contributed by atoms with Gasteiger partial charge in [-0.2, -0.15) is 0 Å². The van der Waals surface area contributed by atoms with Crippen molar-refractivity contribution in [1.82, 2.24) is 4.90 Å². The largest absolute Gasteiger partial charge is 0.394 e. The quantitative estimate of drug-likeness (QED) is 0.380. The van der Waals surface area contributed by atoms with Crippen LogP contribution < -0.4 is 9.21 Å². The molecule has 3 aromatic rings. The predicted octanol–water partition coefficient (Wildman–Crippen LogP) is 4.79. The maximum Gasteiger partial charge on any atom is 0.264 e. The third-order valence-corrected chi connectivity index (χ3v) is 10.3. The second kappa shape index (κ2) is 11.4. The Morgan fingerprint density at radius 3 is 2.46 bits per heavy atom. The molecule has 1 fully saturated rings. The molecule has 0 aromatic heterocycles. The first-order valence-corrected chi connectivity index (χ1v) is 15.4. The zero-order chi connectivity index (χ0) is 29.5. The number of anilines is 2. The molecule has 0 bridgehead atoms. The average molecular weight is 600 g/mol. The van der Waals surface area contributed by atoms with E-state index in [9.17, 15) is 23.0 Å². The second-order valence-electron chi connectivity index (χ2n) is 11.1. The first-order valence-electron chi connectivity index (χ1n) is 13.6. The number of hydrogen-bond acceptors (Lipinski definition) is 6. The van der Waals surface area contributed by atoms with Gasteiger partial charge in [-0.3, -0.25) is 9.21 Å². The predicted molar refractivity (Wildman–Crippen MR) is 162 cm³/mol. The fraction of sp³-hybridized carbons (Fsp3) is 0.355. The number of nitrogens with zero attached hydrogens (tertiary/aromatic N) is 3. The second-order valence-corrected chi connectivity index (χ2v) is 13.4. The number of aliphatic hydroxyl groups is 2. The van der Waals surface area contributed by atoms with Crippen molar-refractivity contribution in [3.05, 3.63) is 88.2 Å².